The van der Waals surface area contributed by atoms with Crippen molar-refractivity contribution in [2.24, 2.45) is 0 Å². The number of hydrogen-bond donors (Lipinski definition) is 0. The van der Waals surface area contributed by atoms with Gasteiger partial charge in [0.25, 0.3) is 0 Å². The Morgan fingerprint density at radius 3 is 1.64 bits per heavy atom. The van der Waals surface area contributed by atoms with Crippen LogP contribution in [0.4, 0.5) is 17.1 Å². The highest BCUT2D eigenvalue weighted by Crippen LogP contribution is 2.50. The fourth-order valence-electron chi connectivity index (χ4n) is 10.8. The van der Waals surface area contributed by atoms with Crippen molar-refractivity contribution in [3.8, 4) is 50.2 Å². The van der Waals surface area contributed by atoms with E-state index in [-0.39, 0.29) is 5.41 Å². The van der Waals surface area contributed by atoms with Crippen LogP contribution in [0.3, 0.4) is 0 Å². The Labute approximate surface area is 384 Å². The lowest BCUT2D eigenvalue weighted by Crippen LogP contribution is -2.14. The van der Waals surface area contributed by atoms with Gasteiger partial charge in [-0.15, -0.1) is 0 Å². The third-order valence-corrected chi connectivity index (χ3v) is 14.0. The monoisotopic (exact) mass is 844 g/mol. The topological polar surface area (TPSA) is 21.3 Å². The number of anilines is 3. The Bertz CT molecular complexity index is 3790. The number of aromatic nitrogens is 1. The summed E-state index contributed by atoms with van der Waals surface area (Å²) in [6.45, 7) is 4.69. The molecule has 0 saturated heterocycles. The number of furan rings is 1. The zero-order valence-corrected chi connectivity index (χ0v) is 36.7. The summed E-state index contributed by atoms with van der Waals surface area (Å²) >= 11 is 0. The van der Waals surface area contributed by atoms with E-state index in [1.807, 2.05) is 6.07 Å². The van der Waals surface area contributed by atoms with Crippen molar-refractivity contribution >= 4 is 60.8 Å². The van der Waals surface area contributed by atoms with Crippen LogP contribution < -0.4 is 4.90 Å². The minimum absolute atomic E-state index is 0.0601. The van der Waals surface area contributed by atoms with Crippen LogP contribution in [0.15, 0.2) is 235 Å². The maximum Gasteiger partial charge on any atom is 0.159 e. The predicted octanol–water partition coefficient (Wildman–Crippen LogP) is 17.5. The minimum atomic E-state index is -0.0601. The van der Waals surface area contributed by atoms with E-state index in [0.717, 1.165) is 55.8 Å². The second kappa shape index (κ2) is 14.8. The van der Waals surface area contributed by atoms with E-state index < -0.39 is 0 Å². The van der Waals surface area contributed by atoms with Gasteiger partial charge in [-0.1, -0.05) is 178 Å². The Kier molecular flexibility index (Phi) is 8.56. The molecule has 0 saturated carbocycles. The first-order chi connectivity index (χ1) is 32.5. The quantitative estimate of drug-likeness (QED) is 0.159. The van der Waals surface area contributed by atoms with Gasteiger partial charge in [0.05, 0.1) is 22.4 Å². The van der Waals surface area contributed by atoms with Gasteiger partial charge in [0.2, 0.25) is 0 Å². The number of para-hydroxylation sites is 5. The van der Waals surface area contributed by atoms with E-state index in [1.165, 1.54) is 66.3 Å². The third-order valence-electron chi connectivity index (χ3n) is 14.0. The molecule has 2 heterocycles. The van der Waals surface area contributed by atoms with Gasteiger partial charge < -0.3 is 13.9 Å². The van der Waals surface area contributed by atoms with Gasteiger partial charge in [0, 0.05) is 43.9 Å². The third kappa shape index (κ3) is 5.90. The Balaban J connectivity index is 0.887. The van der Waals surface area contributed by atoms with Crippen molar-refractivity contribution in [3.05, 3.63) is 242 Å². The molecule has 3 heteroatoms. The van der Waals surface area contributed by atoms with Gasteiger partial charge in [-0.3, -0.25) is 0 Å². The second-order valence-electron chi connectivity index (χ2n) is 18.1. The van der Waals surface area contributed by atoms with Crippen molar-refractivity contribution < 1.29 is 4.42 Å². The van der Waals surface area contributed by atoms with Crippen LogP contribution in [0.5, 0.6) is 0 Å². The predicted molar refractivity (Wildman–Crippen MR) is 277 cm³/mol. The molecule has 13 rings (SSSR count). The largest absolute Gasteiger partial charge is 0.454 e. The van der Waals surface area contributed by atoms with E-state index in [2.05, 4.69) is 248 Å². The lowest BCUT2D eigenvalue weighted by Gasteiger charge is -2.26. The average Bonchev–Trinajstić information content (AvgIpc) is 4.00. The summed E-state index contributed by atoms with van der Waals surface area (Å²) in [4.78, 5) is 2.33. The molecule has 0 amide bonds. The zero-order chi connectivity index (χ0) is 43.9. The number of rotatable bonds is 7. The summed E-state index contributed by atoms with van der Waals surface area (Å²) in [6.07, 6.45) is 0. The molecule has 66 heavy (non-hydrogen) atoms. The van der Waals surface area contributed by atoms with Gasteiger partial charge in [0.1, 0.15) is 5.58 Å². The number of fused-ring (bicyclic) bond motifs is 9. The lowest BCUT2D eigenvalue weighted by atomic mass is 9.81. The first-order valence-electron chi connectivity index (χ1n) is 22.8. The van der Waals surface area contributed by atoms with Crippen molar-refractivity contribution in [2.75, 3.05) is 4.90 Å². The molecule has 3 nitrogen and oxygen atoms in total. The van der Waals surface area contributed by atoms with Crippen molar-refractivity contribution in [1.82, 2.24) is 4.57 Å². The molecule has 0 N–H and O–H groups in total. The van der Waals surface area contributed by atoms with E-state index >= 15 is 0 Å². The van der Waals surface area contributed by atoms with Gasteiger partial charge in [-0.05, 0) is 117 Å². The summed E-state index contributed by atoms with van der Waals surface area (Å²) in [7, 11) is 0. The molecule has 312 valence electrons. The Hall–Kier alpha value is -8.40. The van der Waals surface area contributed by atoms with Crippen LogP contribution in [0.1, 0.15) is 25.0 Å². The van der Waals surface area contributed by atoms with E-state index in [4.69, 9.17) is 4.42 Å². The molecule has 0 spiro atoms. The fraction of sp³-hybridized carbons (Fsp3) is 0.0476. The van der Waals surface area contributed by atoms with Crippen LogP contribution in [0, 0.1) is 0 Å². The van der Waals surface area contributed by atoms with Gasteiger partial charge in [-0.25, -0.2) is 0 Å². The van der Waals surface area contributed by atoms with Crippen molar-refractivity contribution in [3.63, 3.8) is 0 Å². The maximum absolute atomic E-state index is 6.68. The number of hydrogen-bond acceptors (Lipinski definition) is 2. The standard InChI is InChI=1S/C63H44N2O/c1-63(2)55-23-8-3-18-49(55)50-38-33-44(40-56(50)63)42-31-36-47(37-32-42)64(60-27-14-22-54-53-21-7-12-28-61(53)66-62(54)60)46-34-29-41(30-35-46)43-15-13-16-45(39-43)48-17-4-9-24-57(48)65-58-25-10-5-19-51(58)52-20-6-11-26-59(52)65/h3-40H,1-2H3. The highest BCUT2D eigenvalue weighted by Gasteiger charge is 2.35. The van der Waals surface area contributed by atoms with Crippen LogP contribution in [0.25, 0.3) is 93.9 Å². The second-order valence-corrected chi connectivity index (χ2v) is 18.1. The van der Waals surface area contributed by atoms with Gasteiger partial charge >= 0.3 is 0 Å². The molecule has 12 aromatic rings. The molecule has 0 bridgehead atoms. The molecule has 0 fully saturated rings. The summed E-state index contributed by atoms with van der Waals surface area (Å²) < 4.78 is 9.09. The van der Waals surface area contributed by atoms with Gasteiger partial charge in [-0.2, -0.15) is 0 Å². The van der Waals surface area contributed by atoms with E-state index in [0.29, 0.717) is 0 Å². The first kappa shape index (κ1) is 38.1. The summed E-state index contributed by atoms with van der Waals surface area (Å²) in [5.41, 5.74) is 20.8. The van der Waals surface area contributed by atoms with Crippen LogP contribution >= 0.6 is 0 Å². The average molecular weight is 845 g/mol. The summed E-state index contributed by atoms with van der Waals surface area (Å²) in [5, 5.41) is 4.73. The zero-order valence-electron chi connectivity index (χ0n) is 36.7. The Morgan fingerprint density at radius 1 is 0.379 bits per heavy atom. The molecule has 0 radical (unpaired) electrons. The normalized spacial score (nSPS) is 12.8. The summed E-state index contributed by atoms with van der Waals surface area (Å²) in [5.74, 6) is 0. The minimum Gasteiger partial charge on any atom is -0.454 e. The van der Waals surface area contributed by atoms with Crippen LogP contribution in [-0.2, 0) is 5.41 Å². The number of benzene rings is 10. The Morgan fingerprint density at radius 2 is 0.909 bits per heavy atom. The summed E-state index contributed by atoms with van der Waals surface area (Å²) in [6, 6.07) is 83.7. The molecule has 1 aliphatic carbocycles. The number of nitrogens with zero attached hydrogens (tertiary/aromatic N) is 2. The molecule has 2 aromatic heterocycles. The molecule has 1 aliphatic rings. The molecule has 0 atom stereocenters. The fourth-order valence-corrected chi connectivity index (χ4v) is 10.8. The van der Waals surface area contributed by atoms with Crippen molar-refractivity contribution in [2.45, 2.75) is 19.3 Å². The molecular weight excluding hydrogens is 801 g/mol. The van der Waals surface area contributed by atoms with E-state index in [1.54, 1.807) is 0 Å². The molecular formula is C63H44N2O. The molecule has 0 aliphatic heterocycles. The highest BCUT2D eigenvalue weighted by atomic mass is 16.3. The van der Waals surface area contributed by atoms with Crippen LogP contribution in [-0.4, -0.2) is 4.57 Å². The van der Waals surface area contributed by atoms with Crippen molar-refractivity contribution in [1.29, 1.82) is 0 Å². The first-order valence-corrected chi connectivity index (χ1v) is 22.8. The lowest BCUT2D eigenvalue weighted by molar-refractivity contribution is 0.660. The highest BCUT2D eigenvalue weighted by molar-refractivity contribution is 6.11. The van der Waals surface area contributed by atoms with Gasteiger partial charge in [0.15, 0.2) is 5.58 Å². The molecule has 10 aromatic carbocycles. The van der Waals surface area contributed by atoms with Crippen LogP contribution in [0.2, 0.25) is 0 Å². The SMILES string of the molecule is CC1(C)c2ccccc2-c2ccc(-c3ccc(N(c4ccc(-c5cccc(-c6ccccc6-n6c7ccccc7c7ccccc76)c5)cc4)c4cccc5c4oc4ccccc45)cc3)cc21. The maximum atomic E-state index is 6.68. The smallest absolute Gasteiger partial charge is 0.159 e. The molecule has 0 unspecified atom stereocenters. The van der Waals surface area contributed by atoms with E-state index in [9.17, 15) is 0 Å².